The van der Waals surface area contributed by atoms with Crippen LogP contribution in [0, 0.1) is 0 Å². The van der Waals surface area contributed by atoms with Crippen LogP contribution in [0.1, 0.15) is 5.89 Å². The van der Waals surface area contributed by atoms with E-state index < -0.39 is 5.97 Å². The number of hydrogen-bond donors (Lipinski definition) is 0. The highest BCUT2D eigenvalue weighted by Crippen LogP contribution is 2.20. The minimum atomic E-state index is -0.549. The number of halogens is 1. The molecule has 3 heterocycles. The van der Waals surface area contributed by atoms with Gasteiger partial charge in [-0.25, -0.2) is 4.79 Å². The first-order chi connectivity index (χ1) is 13.2. The molecule has 0 saturated carbocycles. The van der Waals surface area contributed by atoms with Crippen molar-refractivity contribution < 1.29 is 14.1 Å². The summed E-state index contributed by atoms with van der Waals surface area (Å²) < 4.78 is 10.2. The normalized spacial score (nSPS) is 10.9. The first-order valence-corrected chi connectivity index (χ1v) is 9.04. The zero-order valence-electron chi connectivity index (χ0n) is 13.6. The highest BCUT2D eigenvalue weighted by atomic mass is 35.5. The Kier molecular flexibility index (Phi) is 4.90. The summed E-state index contributed by atoms with van der Waals surface area (Å²) in [7, 11) is 0. The third kappa shape index (κ3) is 4.18. The van der Waals surface area contributed by atoms with Gasteiger partial charge in [-0.15, -0.1) is 10.2 Å². The maximum absolute atomic E-state index is 11.9. The van der Waals surface area contributed by atoms with Crippen LogP contribution in [-0.4, -0.2) is 36.3 Å². The van der Waals surface area contributed by atoms with Gasteiger partial charge in [-0.05, 0) is 28.8 Å². The van der Waals surface area contributed by atoms with Crippen molar-refractivity contribution in [3.05, 3.63) is 52.0 Å². The Balaban J connectivity index is 1.33. The van der Waals surface area contributed by atoms with Crippen LogP contribution in [0.5, 0.6) is 0 Å². The van der Waals surface area contributed by atoms with Crippen molar-refractivity contribution in [2.45, 2.75) is 13.2 Å². The van der Waals surface area contributed by atoms with Gasteiger partial charge in [0.05, 0.1) is 0 Å². The summed E-state index contributed by atoms with van der Waals surface area (Å²) in [4.78, 5) is 17.3. The molecule has 3 aromatic heterocycles. The Morgan fingerprint density at radius 1 is 1.26 bits per heavy atom. The maximum atomic E-state index is 11.9. The number of esters is 1. The molecule has 0 spiro atoms. The predicted octanol–water partition coefficient (Wildman–Crippen LogP) is 2.85. The molecule has 0 aliphatic carbocycles. The molecule has 1 aromatic carbocycles. The van der Waals surface area contributed by atoms with Gasteiger partial charge in [0, 0.05) is 21.5 Å². The fraction of sp³-hybridized carbons (Fsp3) is 0.125. The molecule has 0 saturated heterocycles. The van der Waals surface area contributed by atoms with Gasteiger partial charge in [0.1, 0.15) is 0 Å². The molecule has 0 unspecified atom stereocenters. The Hall–Kier alpha value is -3.11. The van der Waals surface area contributed by atoms with E-state index in [9.17, 15) is 4.79 Å². The van der Waals surface area contributed by atoms with E-state index in [-0.39, 0.29) is 19.0 Å². The number of rotatable bonds is 6. The Morgan fingerprint density at radius 3 is 3.00 bits per heavy atom. The highest BCUT2D eigenvalue weighted by Gasteiger charge is 2.14. The molecule has 0 radical (unpaired) electrons. The maximum Gasteiger partial charge on any atom is 0.330 e. The average molecular weight is 403 g/mol. The number of benzene rings is 1. The SMILES string of the molecule is O=C(Cn1nnc(-c2ccsc2)n1)OCc1nc(-c2cccc(Cl)c2)no1. The lowest BCUT2D eigenvalue weighted by Crippen LogP contribution is -2.15. The van der Waals surface area contributed by atoms with Crippen LogP contribution < -0.4 is 0 Å². The third-order valence-electron chi connectivity index (χ3n) is 3.41. The molecule has 11 heteroatoms. The largest absolute Gasteiger partial charge is 0.454 e. The smallest absolute Gasteiger partial charge is 0.330 e. The van der Waals surface area contributed by atoms with Gasteiger partial charge in [-0.2, -0.15) is 21.1 Å². The number of carbonyl (C=O) groups excluding carboxylic acids is 1. The molecular weight excluding hydrogens is 392 g/mol. The van der Waals surface area contributed by atoms with Crippen LogP contribution in [0.15, 0.2) is 45.6 Å². The fourth-order valence-electron chi connectivity index (χ4n) is 2.18. The van der Waals surface area contributed by atoms with Crippen molar-refractivity contribution in [1.29, 1.82) is 0 Å². The number of nitrogens with zero attached hydrogens (tertiary/aromatic N) is 6. The Bertz CT molecular complexity index is 1060. The molecule has 0 aliphatic heterocycles. The lowest BCUT2D eigenvalue weighted by atomic mass is 10.2. The highest BCUT2D eigenvalue weighted by molar-refractivity contribution is 7.08. The monoisotopic (exact) mass is 402 g/mol. The summed E-state index contributed by atoms with van der Waals surface area (Å²) in [6.07, 6.45) is 0. The van der Waals surface area contributed by atoms with Crippen LogP contribution in [0.3, 0.4) is 0 Å². The molecule has 0 amide bonds. The number of thiophene rings is 1. The lowest BCUT2D eigenvalue weighted by molar-refractivity contribution is -0.147. The molecule has 0 N–H and O–H groups in total. The summed E-state index contributed by atoms with van der Waals surface area (Å²) >= 11 is 7.47. The molecule has 0 atom stereocenters. The zero-order chi connectivity index (χ0) is 18.6. The van der Waals surface area contributed by atoms with E-state index in [0.717, 1.165) is 5.56 Å². The average Bonchev–Trinajstić information content (AvgIpc) is 3.41. The standard InChI is InChI=1S/C16H11ClN6O3S/c17-12-3-1-2-10(6-12)15-18-13(26-21-15)8-25-14(24)7-23-20-16(19-22-23)11-4-5-27-9-11/h1-6,9H,7-8H2. The van der Waals surface area contributed by atoms with Crippen molar-refractivity contribution in [2.24, 2.45) is 0 Å². The molecule has 0 aliphatic rings. The molecule has 4 aromatic rings. The van der Waals surface area contributed by atoms with Crippen molar-refractivity contribution >= 4 is 28.9 Å². The van der Waals surface area contributed by atoms with Gasteiger partial charge in [0.2, 0.25) is 11.6 Å². The number of ether oxygens (including phenoxy) is 1. The number of aromatic nitrogens is 6. The van der Waals surface area contributed by atoms with E-state index >= 15 is 0 Å². The van der Waals surface area contributed by atoms with Crippen molar-refractivity contribution in [2.75, 3.05) is 0 Å². The lowest BCUT2D eigenvalue weighted by Gasteiger charge is -2.00. The Morgan fingerprint density at radius 2 is 2.19 bits per heavy atom. The van der Waals surface area contributed by atoms with Gasteiger partial charge >= 0.3 is 5.97 Å². The van der Waals surface area contributed by atoms with E-state index in [1.165, 1.54) is 16.1 Å². The molecule has 0 bridgehead atoms. The summed E-state index contributed by atoms with van der Waals surface area (Å²) in [5.74, 6) is 0.435. The minimum absolute atomic E-state index is 0.154. The van der Waals surface area contributed by atoms with Crippen LogP contribution >= 0.6 is 22.9 Å². The van der Waals surface area contributed by atoms with Gasteiger partial charge in [0.15, 0.2) is 13.2 Å². The first-order valence-electron chi connectivity index (χ1n) is 7.72. The zero-order valence-corrected chi connectivity index (χ0v) is 15.2. The van der Waals surface area contributed by atoms with Gasteiger partial charge in [-0.1, -0.05) is 28.9 Å². The second-order valence-electron chi connectivity index (χ2n) is 5.34. The molecule has 27 heavy (non-hydrogen) atoms. The summed E-state index contributed by atoms with van der Waals surface area (Å²) in [5.41, 5.74) is 1.55. The molecule has 0 fully saturated rings. The second kappa shape index (κ2) is 7.64. The van der Waals surface area contributed by atoms with Crippen LogP contribution in [0.2, 0.25) is 5.02 Å². The number of tetrazole rings is 1. The van der Waals surface area contributed by atoms with E-state index in [1.54, 1.807) is 24.3 Å². The van der Waals surface area contributed by atoms with Gasteiger partial charge in [0.25, 0.3) is 5.89 Å². The molecule has 9 nitrogen and oxygen atoms in total. The topological polar surface area (TPSA) is 109 Å². The summed E-state index contributed by atoms with van der Waals surface area (Å²) in [6.45, 7) is -0.328. The van der Waals surface area contributed by atoms with Crippen LogP contribution in [0.4, 0.5) is 0 Å². The number of carbonyl (C=O) groups is 1. The molecule has 4 rings (SSSR count). The van der Waals surface area contributed by atoms with Gasteiger partial charge in [-0.3, -0.25) is 0 Å². The van der Waals surface area contributed by atoms with E-state index in [4.69, 9.17) is 20.9 Å². The minimum Gasteiger partial charge on any atom is -0.454 e. The predicted molar refractivity (Wildman–Crippen MR) is 95.7 cm³/mol. The first kappa shape index (κ1) is 17.3. The number of hydrogen-bond acceptors (Lipinski definition) is 9. The van der Waals surface area contributed by atoms with E-state index in [1.807, 2.05) is 16.8 Å². The summed E-state index contributed by atoms with van der Waals surface area (Å²) in [6, 6.07) is 8.91. The van der Waals surface area contributed by atoms with Crippen molar-refractivity contribution in [1.82, 2.24) is 30.3 Å². The fourth-order valence-corrected chi connectivity index (χ4v) is 3.00. The van der Waals surface area contributed by atoms with E-state index in [2.05, 4.69) is 25.6 Å². The van der Waals surface area contributed by atoms with Crippen LogP contribution in [-0.2, 0) is 22.7 Å². The quantitative estimate of drug-likeness (QED) is 0.453. The molecular formula is C16H11ClN6O3S. The Labute approximate surface area is 161 Å². The molecule has 136 valence electrons. The van der Waals surface area contributed by atoms with Gasteiger partial charge < -0.3 is 9.26 Å². The van der Waals surface area contributed by atoms with Crippen LogP contribution in [0.25, 0.3) is 22.8 Å². The second-order valence-corrected chi connectivity index (χ2v) is 6.55. The van der Waals surface area contributed by atoms with E-state index in [0.29, 0.717) is 22.2 Å². The van der Waals surface area contributed by atoms with Crippen molar-refractivity contribution in [3.8, 4) is 22.8 Å². The summed E-state index contributed by atoms with van der Waals surface area (Å²) in [5, 5.41) is 20.1. The van der Waals surface area contributed by atoms with Crippen molar-refractivity contribution in [3.63, 3.8) is 0 Å². The third-order valence-corrected chi connectivity index (χ3v) is 4.33.